The van der Waals surface area contributed by atoms with Gasteiger partial charge >= 0.3 is 0 Å². The summed E-state index contributed by atoms with van der Waals surface area (Å²) in [6.07, 6.45) is 0. The number of benzene rings is 1. The molecule has 7 nitrogen and oxygen atoms in total. The molecule has 0 radical (unpaired) electrons. The van der Waals surface area contributed by atoms with E-state index in [4.69, 9.17) is 13.9 Å². The van der Waals surface area contributed by atoms with Gasteiger partial charge in [-0.25, -0.2) is 0 Å². The number of carbonyl (C=O) groups excluding carboxylic acids is 2. The zero-order valence-corrected chi connectivity index (χ0v) is 14.2. The van der Waals surface area contributed by atoms with Crippen LogP contribution in [-0.2, 0) is 9.53 Å². The Labute approximate surface area is 144 Å². The number of carbonyl (C=O) groups is 2. The van der Waals surface area contributed by atoms with Crippen LogP contribution in [0.5, 0.6) is 5.75 Å². The molecular weight excluding hydrogens is 326 g/mol. The average molecular weight is 347 g/mol. The van der Waals surface area contributed by atoms with Gasteiger partial charge in [0, 0.05) is 11.3 Å². The average Bonchev–Trinajstić information content (AvgIpc) is 2.85. The summed E-state index contributed by atoms with van der Waals surface area (Å²) in [6, 6.07) is 4.36. The third-order valence-electron chi connectivity index (χ3n) is 4.23. The molecule has 1 amide bonds. The Hall–Kier alpha value is -2.38. The lowest BCUT2D eigenvalue weighted by atomic mass is 10.1. The van der Waals surface area contributed by atoms with E-state index in [2.05, 4.69) is 5.32 Å². The molecule has 1 aromatic heterocycles. The molecule has 1 fully saturated rings. The van der Waals surface area contributed by atoms with Crippen molar-refractivity contribution in [2.24, 2.45) is 5.92 Å². The zero-order chi connectivity index (χ0) is 18.0. The Morgan fingerprint density at radius 2 is 2.16 bits per heavy atom. The maximum Gasteiger partial charge on any atom is 0.256 e. The van der Waals surface area contributed by atoms with Gasteiger partial charge in [-0.2, -0.15) is 0 Å². The van der Waals surface area contributed by atoms with Gasteiger partial charge in [-0.1, -0.05) is 0 Å². The molecule has 1 aliphatic rings. The Kier molecular flexibility index (Phi) is 5.06. The van der Waals surface area contributed by atoms with Gasteiger partial charge in [-0.05, 0) is 32.0 Å². The summed E-state index contributed by atoms with van der Waals surface area (Å²) in [7, 11) is 0. The molecule has 0 bridgehead atoms. The summed E-state index contributed by atoms with van der Waals surface area (Å²) in [4.78, 5) is 24.0. The second kappa shape index (κ2) is 7.25. The number of hydrogen-bond donors (Lipinski definition) is 2. The smallest absolute Gasteiger partial charge is 0.256 e. The van der Waals surface area contributed by atoms with Gasteiger partial charge in [-0.15, -0.1) is 0 Å². The Morgan fingerprint density at radius 1 is 1.40 bits per heavy atom. The zero-order valence-electron chi connectivity index (χ0n) is 14.2. The van der Waals surface area contributed by atoms with Gasteiger partial charge in [0.15, 0.2) is 5.78 Å². The number of ether oxygens (including phenoxy) is 2. The number of aryl methyl sites for hydroxylation is 1. The first-order chi connectivity index (χ1) is 12.0. The van der Waals surface area contributed by atoms with Crippen molar-refractivity contribution in [1.29, 1.82) is 0 Å². The monoisotopic (exact) mass is 347 g/mol. The first kappa shape index (κ1) is 17.4. The highest BCUT2D eigenvalue weighted by molar-refractivity contribution is 6.08. The summed E-state index contributed by atoms with van der Waals surface area (Å²) in [5.74, 6) is 0.699. The third kappa shape index (κ3) is 3.67. The van der Waals surface area contributed by atoms with Crippen LogP contribution in [0, 0.1) is 12.8 Å². The molecule has 1 saturated heterocycles. The van der Waals surface area contributed by atoms with E-state index in [1.54, 1.807) is 25.1 Å². The van der Waals surface area contributed by atoms with Crippen LogP contribution in [0.3, 0.4) is 0 Å². The van der Waals surface area contributed by atoms with Gasteiger partial charge in [0.05, 0.1) is 32.0 Å². The highest BCUT2D eigenvalue weighted by Crippen LogP contribution is 2.29. The van der Waals surface area contributed by atoms with Crippen LogP contribution in [0.1, 0.15) is 23.0 Å². The maximum atomic E-state index is 12.6. The van der Waals surface area contributed by atoms with Gasteiger partial charge < -0.3 is 24.3 Å². The predicted octanol–water partition coefficient (Wildman–Crippen LogP) is 1.45. The predicted molar refractivity (Wildman–Crippen MR) is 89.8 cm³/mol. The standard InChI is InChI=1S/C18H21NO6/c1-10(21)15(6-20)19-18(22)17-11(2)25-16-4-3-13(5-14(16)17)24-9-12-7-23-8-12/h3-5,12,15,20H,6-9H2,1-2H3,(H,19,22)/t15-/m0/s1. The van der Waals surface area contributed by atoms with Gasteiger partial charge in [-0.3, -0.25) is 9.59 Å². The fourth-order valence-electron chi connectivity index (χ4n) is 2.67. The normalized spacial score (nSPS) is 15.6. The Bertz CT molecular complexity index is 792. The molecule has 134 valence electrons. The summed E-state index contributed by atoms with van der Waals surface area (Å²) < 4.78 is 16.5. The number of ketones is 1. The van der Waals surface area contributed by atoms with Crippen molar-refractivity contribution in [3.8, 4) is 5.75 Å². The largest absolute Gasteiger partial charge is 0.493 e. The molecule has 0 unspecified atom stereocenters. The minimum absolute atomic E-state index is 0.312. The van der Waals surface area contributed by atoms with Crippen LogP contribution < -0.4 is 10.1 Å². The molecule has 1 aromatic carbocycles. The molecule has 1 aliphatic heterocycles. The van der Waals surface area contributed by atoms with E-state index in [0.29, 0.717) is 53.8 Å². The van der Waals surface area contributed by atoms with E-state index in [1.807, 2.05) is 0 Å². The van der Waals surface area contributed by atoms with E-state index in [-0.39, 0.29) is 5.78 Å². The van der Waals surface area contributed by atoms with Gasteiger partial charge in [0.25, 0.3) is 5.91 Å². The van der Waals surface area contributed by atoms with Crippen LogP contribution in [0.15, 0.2) is 22.6 Å². The fraction of sp³-hybridized carbons (Fsp3) is 0.444. The first-order valence-corrected chi connectivity index (χ1v) is 8.15. The van der Waals surface area contributed by atoms with E-state index in [1.165, 1.54) is 6.92 Å². The van der Waals surface area contributed by atoms with Crippen molar-refractivity contribution in [1.82, 2.24) is 5.32 Å². The van der Waals surface area contributed by atoms with Crippen LogP contribution in [0.4, 0.5) is 0 Å². The summed E-state index contributed by atoms with van der Waals surface area (Å²) in [5, 5.41) is 12.4. The lowest BCUT2D eigenvalue weighted by Crippen LogP contribution is -2.42. The lowest BCUT2D eigenvalue weighted by molar-refractivity contribution is -0.119. The first-order valence-electron chi connectivity index (χ1n) is 8.15. The lowest BCUT2D eigenvalue weighted by Gasteiger charge is -2.25. The molecule has 0 saturated carbocycles. The molecule has 0 aliphatic carbocycles. The summed E-state index contributed by atoms with van der Waals surface area (Å²) in [6.45, 7) is 4.51. The van der Waals surface area contributed by atoms with E-state index < -0.39 is 18.6 Å². The number of hydrogen-bond acceptors (Lipinski definition) is 6. The molecule has 2 aromatic rings. The second-order valence-electron chi connectivity index (χ2n) is 6.22. The van der Waals surface area contributed by atoms with Crippen molar-refractivity contribution in [3.05, 3.63) is 29.5 Å². The van der Waals surface area contributed by atoms with E-state index >= 15 is 0 Å². The Balaban J connectivity index is 1.84. The van der Waals surface area contributed by atoms with Crippen molar-refractivity contribution < 1.29 is 28.6 Å². The number of nitrogens with one attached hydrogen (secondary N) is 1. The number of aliphatic hydroxyl groups is 1. The number of furan rings is 1. The van der Waals surface area contributed by atoms with Gasteiger partial charge in [0.1, 0.15) is 23.1 Å². The molecule has 3 rings (SSSR count). The van der Waals surface area contributed by atoms with Crippen molar-refractivity contribution in [2.75, 3.05) is 26.4 Å². The van der Waals surface area contributed by atoms with E-state index in [9.17, 15) is 14.7 Å². The van der Waals surface area contributed by atoms with Crippen LogP contribution in [0.25, 0.3) is 11.0 Å². The summed E-state index contributed by atoms with van der Waals surface area (Å²) in [5.41, 5.74) is 0.900. The summed E-state index contributed by atoms with van der Waals surface area (Å²) >= 11 is 0. The van der Waals surface area contributed by atoms with Crippen LogP contribution in [-0.4, -0.2) is 49.3 Å². The minimum atomic E-state index is -0.935. The minimum Gasteiger partial charge on any atom is -0.493 e. The van der Waals surface area contributed by atoms with Crippen molar-refractivity contribution >= 4 is 22.7 Å². The number of fused-ring (bicyclic) bond motifs is 1. The fourth-order valence-corrected chi connectivity index (χ4v) is 2.67. The number of aliphatic hydroxyl groups excluding tert-OH is 1. The third-order valence-corrected chi connectivity index (χ3v) is 4.23. The number of amides is 1. The van der Waals surface area contributed by atoms with Crippen molar-refractivity contribution in [2.45, 2.75) is 19.9 Å². The maximum absolute atomic E-state index is 12.6. The molecular formula is C18H21NO6. The molecule has 2 heterocycles. The molecule has 2 N–H and O–H groups in total. The SMILES string of the molecule is CC(=O)[C@H](CO)NC(=O)c1c(C)oc2ccc(OCC3COC3)cc12. The van der Waals surface area contributed by atoms with Crippen molar-refractivity contribution in [3.63, 3.8) is 0 Å². The second-order valence-corrected chi connectivity index (χ2v) is 6.22. The van der Waals surface area contributed by atoms with Gasteiger partial charge in [0.2, 0.25) is 0 Å². The van der Waals surface area contributed by atoms with Crippen LogP contribution in [0.2, 0.25) is 0 Å². The number of Topliss-reactive ketones (excluding diaryl/α,β-unsaturated/α-hetero) is 1. The molecule has 0 spiro atoms. The quantitative estimate of drug-likeness (QED) is 0.787. The Morgan fingerprint density at radius 3 is 2.76 bits per heavy atom. The number of rotatable bonds is 7. The molecule has 1 atom stereocenters. The highest BCUT2D eigenvalue weighted by atomic mass is 16.5. The van der Waals surface area contributed by atoms with E-state index in [0.717, 1.165) is 0 Å². The topological polar surface area (TPSA) is 98.0 Å². The molecule has 25 heavy (non-hydrogen) atoms. The van der Waals surface area contributed by atoms with Crippen LogP contribution >= 0.6 is 0 Å². The highest BCUT2D eigenvalue weighted by Gasteiger charge is 2.23. The molecule has 7 heteroatoms.